The molecule has 2 rings (SSSR count). The molecule has 0 spiro atoms. The fourth-order valence-corrected chi connectivity index (χ4v) is 2.53. The number of carbonyl (C=O) groups excluding carboxylic acids is 1. The highest BCUT2D eigenvalue weighted by Gasteiger charge is 2.30. The number of benzene rings is 1. The van der Waals surface area contributed by atoms with E-state index in [-0.39, 0.29) is 12.0 Å². The van der Waals surface area contributed by atoms with E-state index in [1.54, 1.807) is 0 Å². The lowest BCUT2D eigenvalue weighted by Gasteiger charge is -2.29. The lowest BCUT2D eigenvalue weighted by Crippen LogP contribution is -2.49. The summed E-state index contributed by atoms with van der Waals surface area (Å²) in [6, 6.07) is 9.58. The standard InChI is InChI=1S/C18H22N2O2S/c1-12-15(16(21)22-18(2,3)4)14(20-17(23)19-12)11-10-13-8-6-5-7-9-13/h5-11,14H,1-4H3,(H2,19,20,23)/b11-10+. The predicted octanol–water partition coefficient (Wildman–Crippen LogP) is 3.16. The summed E-state index contributed by atoms with van der Waals surface area (Å²) in [4.78, 5) is 12.5. The Labute approximate surface area is 142 Å². The summed E-state index contributed by atoms with van der Waals surface area (Å²) in [6.07, 6.45) is 3.88. The van der Waals surface area contributed by atoms with E-state index in [1.165, 1.54) is 0 Å². The van der Waals surface area contributed by atoms with Crippen molar-refractivity contribution >= 4 is 29.4 Å². The summed E-state index contributed by atoms with van der Waals surface area (Å²) < 4.78 is 5.51. The van der Waals surface area contributed by atoms with Gasteiger partial charge in [-0.15, -0.1) is 0 Å². The van der Waals surface area contributed by atoms with Crippen LogP contribution in [0.3, 0.4) is 0 Å². The number of hydrogen-bond donors (Lipinski definition) is 2. The molecule has 0 aromatic heterocycles. The first-order chi connectivity index (χ1) is 10.8. The lowest BCUT2D eigenvalue weighted by molar-refractivity contribution is -0.150. The molecule has 1 unspecified atom stereocenters. The maximum atomic E-state index is 12.5. The first kappa shape index (κ1) is 17.2. The van der Waals surface area contributed by atoms with Gasteiger partial charge in [-0.2, -0.15) is 0 Å². The third kappa shape index (κ3) is 4.93. The Balaban J connectivity index is 2.27. The van der Waals surface area contributed by atoms with Crippen molar-refractivity contribution in [2.24, 2.45) is 0 Å². The van der Waals surface area contributed by atoms with Crippen LogP contribution in [0.1, 0.15) is 33.3 Å². The maximum absolute atomic E-state index is 12.5. The second-order valence-corrected chi connectivity index (χ2v) is 6.79. The molecule has 1 atom stereocenters. The molecule has 1 aromatic rings. The van der Waals surface area contributed by atoms with E-state index >= 15 is 0 Å². The number of nitrogens with one attached hydrogen (secondary N) is 2. The van der Waals surface area contributed by atoms with E-state index < -0.39 is 5.60 Å². The van der Waals surface area contributed by atoms with Gasteiger partial charge >= 0.3 is 5.97 Å². The van der Waals surface area contributed by atoms with Crippen LogP contribution in [0.4, 0.5) is 0 Å². The van der Waals surface area contributed by atoms with E-state index in [9.17, 15) is 4.79 Å². The molecule has 0 bridgehead atoms. The van der Waals surface area contributed by atoms with Crippen molar-refractivity contribution in [3.63, 3.8) is 0 Å². The van der Waals surface area contributed by atoms with Gasteiger partial charge in [-0.1, -0.05) is 42.5 Å². The predicted molar refractivity (Wildman–Crippen MR) is 96.7 cm³/mol. The van der Waals surface area contributed by atoms with Gasteiger partial charge in [0.2, 0.25) is 0 Å². The Kier molecular flexibility index (Phi) is 5.21. The molecule has 122 valence electrons. The number of carbonyl (C=O) groups is 1. The molecule has 0 fully saturated rings. The van der Waals surface area contributed by atoms with Gasteiger partial charge in [0, 0.05) is 5.70 Å². The number of esters is 1. The lowest BCUT2D eigenvalue weighted by atomic mass is 10.0. The number of rotatable bonds is 3. The summed E-state index contributed by atoms with van der Waals surface area (Å²) in [5, 5.41) is 6.60. The third-order valence-electron chi connectivity index (χ3n) is 3.20. The van der Waals surface area contributed by atoms with Gasteiger partial charge in [0.15, 0.2) is 5.11 Å². The molecule has 0 amide bonds. The van der Waals surface area contributed by atoms with E-state index in [0.717, 1.165) is 5.56 Å². The molecule has 5 heteroatoms. The van der Waals surface area contributed by atoms with Crippen molar-refractivity contribution in [2.75, 3.05) is 0 Å². The summed E-state index contributed by atoms with van der Waals surface area (Å²) >= 11 is 5.20. The largest absolute Gasteiger partial charge is 0.456 e. The molecule has 0 saturated carbocycles. The molecule has 0 aliphatic carbocycles. The molecule has 0 radical (unpaired) electrons. The van der Waals surface area contributed by atoms with Crippen LogP contribution in [-0.2, 0) is 9.53 Å². The fourth-order valence-electron chi connectivity index (χ4n) is 2.25. The number of ether oxygens (including phenoxy) is 1. The van der Waals surface area contributed by atoms with Crippen LogP contribution in [-0.4, -0.2) is 22.7 Å². The molecule has 23 heavy (non-hydrogen) atoms. The molecular formula is C18H22N2O2S. The average Bonchev–Trinajstić information content (AvgIpc) is 2.43. The second-order valence-electron chi connectivity index (χ2n) is 6.39. The molecule has 2 N–H and O–H groups in total. The molecular weight excluding hydrogens is 308 g/mol. The smallest absolute Gasteiger partial charge is 0.338 e. The maximum Gasteiger partial charge on any atom is 0.338 e. The van der Waals surface area contributed by atoms with Gasteiger partial charge in [0.05, 0.1) is 11.6 Å². The van der Waals surface area contributed by atoms with E-state index in [4.69, 9.17) is 17.0 Å². The molecule has 1 heterocycles. The van der Waals surface area contributed by atoms with Gasteiger partial charge in [0.1, 0.15) is 5.60 Å². The number of allylic oxidation sites excluding steroid dienone is 1. The molecule has 0 saturated heterocycles. The summed E-state index contributed by atoms with van der Waals surface area (Å²) in [5.41, 5.74) is 1.77. The minimum atomic E-state index is -0.546. The quantitative estimate of drug-likeness (QED) is 0.658. The van der Waals surface area contributed by atoms with Crippen molar-refractivity contribution < 1.29 is 9.53 Å². The first-order valence-electron chi connectivity index (χ1n) is 7.51. The Bertz CT molecular complexity index is 657. The van der Waals surface area contributed by atoms with Gasteiger partial charge in [-0.25, -0.2) is 4.79 Å². The Morgan fingerprint density at radius 2 is 1.91 bits per heavy atom. The minimum Gasteiger partial charge on any atom is -0.456 e. The molecule has 1 aromatic carbocycles. The first-order valence-corrected chi connectivity index (χ1v) is 7.92. The normalized spacial score (nSPS) is 18.6. The van der Waals surface area contributed by atoms with Gasteiger partial charge < -0.3 is 15.4 Å². The van der Waals surface area contributed by atoms with Crippen LogP contribution >= 0.6 is 12.2 Å². The van der Waals surface area contributed by atoms with Crippen LogP contribution in [0, 0.1) is 0 Å². The highest BCUT2D eigenvalue weighted by molar-refractivity contribution is 7.80. The fraction of sp³-hybridized carbons (Fsp3) is 0.333. The van der Waals surface area contributed by atoms with Crippen molar-refractivity contribution in [1.29, 1.82) is 0 Å². The summed E-state index contributed by atoms with van der Waals surface area (Å²) in [6.45, 7) is 7.38. The zero-order valence-electron chi connectivity index (χ0n) is 13.8. The SMILES string of the molecule is CC1=C(C(=O)OC(C)(C)C)C(/C=C/c2ccccc2)NC(=S)N1. The second kappa shape index (κ2) is 6.96. The van der Waals surface area contributed by atoms with Gasteiger partial charge in [-0.05, 0) is 45.5 Å². The number of hydrogen-bond acceptors (Lipinski definition) is 3. The Morgan fingerprint density at radius 1 is 1.26 bits per heavy atom. The van der Waals surface area contributed by atoms with Gasteiger partial charge in [-0.3, -0.25) is 0 Å². The third-order valence-corrected chi connectivity index (χ3v) is 3.42. The molecule has 1 aliphatic rings. The van der Waals surface area contributed by atoms with Crippen molar-refractivity contribution in [3.05, 3.63) is 53.2 Å². The van der Waals surface area contributed by atoms with Crippen molar-refractivity contribution in [3.8, 4) is 0 Å². The van der Waals surface area contributed by atoms with Crippen LogP contribution in [0.15, 0.2) is 47.7 Å². The van der Waals surface area contributed by atoms with E-state index in [1.807, 2.05) is 70.2 Å². The molecule has 1 aliphatic heterocycles. The highest BCUT2D eigenvalue weighted by atomic mass is 32.1. The van der Waals surface area contributed by atoms with Gasteiger partial charge in [0.25, 0.3) is 0 Å². The summed E-state index contributed by atoms with van der Waals surface area (Å²) in [5.74, 6) is -0.347. The average molecular weight is 330 g/mol. The van der Waals surface area contributed by atoms with Crippen LogP contribution in [0.5, 0.6) is 0 Å². The van der Waals surface area contributed by atoms with Crippen molar-refractivity contribution in [2.45, 2.75) is 39.3 Å². The van der Waals surface area contributed by atoms with Crippen LogP contribution in [0.2, 0.25) is 0 Å². The Morgan fingerprint density at radius 3 is 2.52 bits per heavy atom. The minimum absolute atomic E-state index is 0.321. The van der Waals surface area contributed by atoms with E-state index in [2.05, 4.69) is 10.6 Å². The number of thiocarbonyl (C=S) groups is 1. The summed E-state index contributed by atoms with van der Waals surface area (Å²) in [7, 11) is 0. The zero-order chi connectivity index (χ0) is 17.0. The van der Waals surface area contributed by atoms with Crippen LogP contribution in [0.25, 0.3) is 6.08 Å². The zero-order valence-corrected chi connectivity index (χ0v) is 14.7. The van der Waals surface area contributed by atoms with Crippen LogP contribution < -0.4 is 10.6 Å². The monoisotopic (exact) mass is 330 g/mol. The molecule has 4 nitrogen and oxygen atoms in total. The Hall–Kier alpha value is -2.14. The van der Waals surface area contributed by atoms with Crippen molar-refractivity contribution in [1.82, 2.24) is 10.6 Å². The highest BCUT2D eigenvalue weighted by Crippen LogP contribution is 2.19. The topological polar surface area (TPSA) is 50.4 Å². The van der Waals surface area contributed by atoms with E-state index in [0.29, 0.717) is 16.4 Å².